The number of hydrogen-bond acceptors (Lipinski definition) is 6. The van der Waals surface area contributed by atoms with Crippen molar-refractivity contribution in [3.05, 3.63) is 64.4 Å². The molecule has 6 heteroatoms. The summed E-state index contributed by atoms with van der Waals surface area (Å²) in [6, 6.07) is 13.7. The van der Waals surface area contributed by atoms with Gasteiger partial charge in [0.05, 0.1) is 5.75 Å². The number of thiophene rings is 1. The van der Waals surface area contributed by atoms with Crippen LogP contribution in [-0.2, 0) is 5.75 Å². The van der Waals surface area contributed by atoms with Crippen LogP contribution >= 0.6 is 23.1 Å². The molecule has 2 N–H and O–H groups in total. The van der Waals surface area contributed by atoms with Crippen LogP contribution in [0.4, 0.5) is 0 Å². The fraction of sp³-hybridized carbons (Fsp3) is 0.143. The summed E-state index contributed by atoms with van der Waals surface area (Å²) in [4.78, 5) is 6.57. The molecule has 3 rings (SSSR count). The Labute approximate surface area is 125 Å². The molecule has 0 saturated carbocycles. The van der Waals surface area contributed by atoms with E-state index in [2.05, 4.69) is 22.3 Å². The molecule has 4 nitrogen and oxygen atoms in total. The molecule has 0 amide bonds. The molecule has 0 aliphatic heterocycles. The molecule has 1 aromatic carbocycles. The van der Waals surface area contributed by atoms with Crippen LogP contribution in [0, 0.1) is 0 Å². The smallest absolute Gasteiger partial charge is 0.249 e. The average molecular weight is 303 g/mol. The zero-order chi connectivity index (χ0) is 13.8. The molecular formula is C14H13N3OS2. The lowest BCUT2D eigenvalue weighted by atomic mass is 10.2. The first-order valence-corrected chi connectivity index (χ1v) is 7.99. The van der Waals surface area contributed by atoms with E-state index in [0.717, 1.165) is 4.88 Å². The van der Waals surface area contributed by atoms with Crippen LogP contribution in [0.1, 0.15) is 22.6 Å². The molecule has 2 heterocycles. The maximum atomic E-state index is 6.09. The number of nitrogens with two attached hydrogens (primary N) is 1. The van der Waals surface area contributed by atoms with Crippen LogP contribution in [0.5, 0.6) is 0 Å². The lowest BCUT2D eigenvalue weighted by Gasteiger charge is -2.01. The third-order valence-corrected chi connectivity index (χ3v) is 4.67. The number of hydrogen-bond donors (Lipinski definition) is 1. The molecule has 0 spiro atoms. The third-order valence-electron chi connectivity index (χ3n) is 2.71. The molecular weight excluding hydrogens is 290 g/mol. The van der Waals surface area contributed by atoms with Crippen molar-refractivity contribution in [1.29, 1.82) is 0 Å². The van der Waals surface area contributed by atoms with Gasteiger partial charge in [-0.25, -0.2) is 0 Å². The molecule has 3 aromatic rings. The predicted octanol–water partition coefficient (Wildman–Crippen LogP) is 3.47. The summed E-state index contributed by atoms with van der Waals surface area (Å²) in [5.74, 6) is 1.81. The fourth-order valence-electron chi connectivity index (χ4n) is 1.71. The Morgan fingerprint density at radius 2 is 2.05 bits per heavy atom. The second kappa shape index (κ2) is 6.21. The highest BCUT2D eigenvalue weighted by Gasteiger charge is 2.17. The van der Waals surface area contributed by atoms with Gasteiger partial charge in [0.2, 0.25) is 5.89 Å². The van der Waals surface area contributed by atoms with Crippen molar-refractivity contribution in [3.63, 3.8) is 0 Å². The lowest BCUT2D eigenvalue weighted by molar-refractivity contribution is 0.364. The Morgan fingerprint density at radius 3 is 2.80 bits per heavy atom. The van der Waals surface area contributed by atoms with Crippen molar-refractivity contribution in [2.75, 3.05) is 0 Å². The zero-order valence-electron chi connectivity index (χ0n) is 10.6. The number of thioether (sulfide) groups is 1. The van der Waals surface area contributed by atoms with Crippen molar-refractivity contribution in [3.8, 4) is 0 Å². The van der Waals surface area contributed by atoms with Gasteiger partial charge in [0.15, 0.2) is 5.82 Å². The van der Waals surface area contributed by atoms with E-state index in [4.69, 9.17) is 10.3 Å². The van der Waals surface area contributed by atoms with Gasteiger partial charge < -0.3 is 10.3 Å². The van der Waals surface area contributed by atoms with E-state index < -0.39 is 0 Å². The van der Waals surface area contributed by atoms with E-state index in [9.17, 15) is 0 Å². The molecule has 0 aliphatic carbocycles. The predicted molar refractivity (Wildman–Crippen MR) is 80.7 cm³/mol. The average Bonchev–Trinajstić information content (AvgIpc) is 3.17. The highest BCUT2D eigenvalue weighted by atomic mass is 32.2. The SMILES string of the molecule is NC(c1nc(CSc2ccccc2)no1)c1cccs1. The molecule has 1 atom stereocenters. The first-order valence-electron chi connectivity index (χ1n) is 6.12. The zero-order valence-corrected chi connectivity index (χ0v) is 12.2. The summed E-state index contributed by atoms with van der Waals surface area (Å²) in [5.41, 5.74) is 6.09. The third kappa shape index (κ3) is 3.09. The Bertz CT molecular complexity index is 652. The minimum Gasteiger partial charge on any atom is -0.337 e. The summed E-state index contributed by atoms with van der Waals surface area (Å²) < 4.78 is 5.25. The number of aromatic nitrogens is 2. The van der Waals surface area contributed by atoms with Crippen LogP contribution in [0.2, 0.25) is 0 Å². The van der Waals surface area contributed by atoms with Gasteiger partial charge in [-0.15, -0.1) is 23.1 Å². The summed E-state index contributed by atoms with van der Waals surface area (Å²) in [6.45, 7) is 0. The van der Waals surface area contributed by atoms with Gasteiger partial charge >= 0.3 is 0 Å². The van der Waals surface area contributed by atoms with E-state index in [1.54, 1.807) is 23.1 Å². The van der Waals surface area contributed by atoms with Gasteiger partial charge in [-0.1, -0.05) is 29.4 Å². The second-order valence-electron chi connectivity index (χ2n) is 4.14. The largest absolute Gasteiger partial charge is 0.337 e. The Hall–Kier alpha value is -1.63. The quantitative estimate of drug-likeness (QED) is 0.731. The van der Waals surface area contributed by atoms with Crippen LogP contribution in [0.15, 0.2) is 57.3 Å². The van der Waals surface area contributed by atoms with Crippen molar-refractivity contribution in [2.45, 2.75) is 16.7 Å². The highest BCUT2D eigenvalue weighted by Crippen LogP contribution is 2.24. The first kappa shape index (κ1) is 13.4. The first-order chi connectivity index (χ1) is 9.83. The van der Waals surface area contributed by atoms with Crippen LogP contribution in [-0.4, -0.2) is 10.1 Å². The standard InChI is InChI=1S/C14H13N3OS2/c15-13(11-7-4-8-19-11)14-16-12(17-18-14)9-20-10-5-2-1-3-6-10/h1-8,13H,9,15H2. The number of nitrogens with zero attached hydrogens (tertiary/aromatic N) is 2. The van der Waals surface area contributed by atoms with Crippen molar-refractivity contribution < 1.29 is 4.52 Å². The van der Waals surface area contributed by atoms with E-state index in [0.29, 0.717) is 17.5 Å². The Kier molecular flexibility index (Phi) is 4.15. The number of benzene rings is 1. The highest BCUT2D eigenvalue weighted by molar-refractivity contribution is 7.98. The monoisotopic (exact) mass is 303 g/mol. The normalized spacial score (nSPS) is 12.4. The van der Waals surface area contributed by atoms with Crippen molar-refractivity contribution in [1.82, 2.24) is 10.1 Å². The second-order valence-corrected chi connectivity index (χ2v) is 6.17. The van der Waals surface area contributed by atoms with Gasteiger partial charge in [-0.3, -0.25) is 0 Å². The van der Waals surface area contributed by atoms with Crippen molar-refractivity contribution in [2.24, 2.45) is 5.73 Å². The number of rotatable bonds is 5. The van der Waals surface area contributed by atoms with Gasteiger partial charge in [-0.05, 0) is 23.6 Å². The summed E-state index contributed by atoms with van der Waals surface area (Å²) in [7, 11) is 0. The molecule has 102 valence electrons. The van der Waals surface area contributed by atoms with E-state index in [1.165, 1.54) is 4.90 Å². The lowest BCUT2D eigenvalue weighted by Crippen LogP contribution is -2.10. The molecule has 0 aliphatic rings. The molecule has 0 bridgehead atoms. The Morgan fingerprint density at radius 1 is 1.20 bits per heavy atom. The van der Waals surface area contributed by atoms with Crippen LogP contribution in [0.25, 0.3) is 0 Å². The molecule has 20 heavy (non-hydrogen) atoms. The fourth-order valence-corrected chi connectivity index (χ4v) is 3.19. The summed E-state index contributed by atoms with van der Waals surface area (Å²) in [5, 5.41) is 5.96. The molecule has 0 fully saturated rings. The summed E-state index contributed by atoms with van der Waals surface area (Å²) >= 11 is 3.26. The van der Waals surface area contributed by atoms with Crippen LogP contribution < -0.4 is 5.73 Å². The molecule has 0 radical (unpaired) electrons. The van der Waals surface area contributed by atoms with Gasteiger partial charge in [0.1, 0.15) is 6.04 Å². The van der Waals surface area contributed by atoms with Gasteiger partial charge in [0.25, 0.3) is 0 Å². The molecule has 0 saturated heterocycles. The maximum Gasteiger partial charge on any atom is 0.249 e. The minimum absolute atomic E-state index is 0.335. The van der Waals surface area contributed by atoms with E-state index in [1.807, 2.05) is 35.7 Å². The topological polar surface area (TPSA) is 64.9 Å². The minimum atomic E-state index is -0.335. The summed E-state index contributed by atoms with van der Waals surface area (Å²) in [6.07, 6.45) is 0. The van der Waals surface area contributed by atoms with E-state index in [-0.39, 0.29) is 6.04 Å². The van der Waals surface area contributed by atoms with Crippen molar-refractivity contribution >= 4 is 23.1 Å². The van der Waals surface area contributed by atoms with Gasteiger partial charge in [0, 0.05) is 9.77 Å². The maximum absolute atomic E-state index is 6.09. The van der Waals surface area contributed by atoms with E-state index >= 15 is 0 Å². The molecule has 1 unspecified atom stereocenters. The molecule has 2 aromatic heterocycles. The van der Waals surface area contributed by atoms with Gasteiger partial charge in [-0.2, -0.15) is 4.98 Å². The van der Waals surface area contributed by atoms with Crippen LogP contribution in [0.3, 0.4) is 0 Å². The Balaban J connectivity index is 1.65.